The molecule has 1 heterocycles. The van der Waals surface area contributed by atoms with Gasteiger partial charge in [-0.3, -0.25) is 4.90 Å². The fourth-order valence-corrected chi connectivity index (χ4v) is 1.49. The quantitative estimate of drug-likeness (QED) is 0.584. The van der Waals surface area contributed by atoms with Crippen LogP contribution in [0.1, 0.15) is 19.8 Å². The topological polar surface area (TPSA) is 29.3 Å². The first-order valence-corrected chi connectivity index (χ1v) is 3.78. The molecule has 1 rings (SSSR count). The monoisotopic (exact) mass is 128 g/mol. The molecule has 2 nitrogen and oxygen atoms in total. The van der Waals surface area contributed by atoms with E-state index in [4.69, 9.17) is 5.73 Å². The molecule has 9 heavy (non-hydrogen) atoms. The Balaban J connectivity index is 2.22. The molecule has 0 saturated carbocycles. The maximum absolute atomic E-state index is 5.43. The molecule has 0 amide bonds. The van der Waals surface area contributed by atoms with Gasteiger partial charge in [0.05, 0.1) is 0 Å². The van der Waals surface area contributed by atoms with Gasteiger partial charge in [-0.1, -0.05) is 0 Å². The minimum atomic E-state index is 0.786. The van der Waals surface area contributed by atoms with Crippen molar-refractivity contribution in [3.63, 3.8) is 0 Å². The molecule has 1 atom stereocenters. The molecule has 1 fully saturated rings. The summed E-state index contributed by atoms with van der Waals surface area (Å²) in [5, 5.41) is 0. The second-order valence-corrected chi connectivity index (χ2v) is 2.82. The molecule has 0 aromatic carbocycles. The van der Waals surface area contributed by atoms with Crippen LogP contribution in [0.2, 0.25) is 0 Å². The summed E-state index contributed by atoms with van der Waals surface area (Å²) in [7, 11) is 0. The van der Waals surface area contributed by atoms with Crippen LogP contribution >= 0.6 is 0 Å². The van der Waals surface area contributed by atoms with Crippen molar-refractivity contribution in [1.82, 2.24) is 4.90 Å². The van der Waals surface area contributed by atoms with Crippen LogP contribution in [-0.2, 0) is 0 Å². The summed E-state index contributed by atoms with van der Waals surface area (Å²) in [6, 6.07) is 0.786. The van der Waals surface area contributed by atoms with Gasteiger partial charge in [-0.15, -0.1) is 0 Å². The first-order chi connectivity index (χ1) is 4.34. The van der Waals surface area contributed by atoms with Gasteiger partial charge in [0.2, 0.25) is 0 Å². The van der Waals surface area contributed by atoms with E-state index >= 15 is 0 Å². The van der Waals surface area contributed by atoms with Crippen LogP contribution in [0, 0.1) is 0 Å². The number of nitrogens with zero attached hydrogens (tertiary/aromatic N) is 1. The minimum absolute atomic E-state index is 0.786. The lowest BCUT2D eigenvalue weighted by molar-refractivity contribution is 0.276. The van der Waals surface area contributed by atoms with Gasteiger partial charge in [-0.25, -0.2) is 0 Å². The van der Waals surface area contributed by atoms with Crippen LogP contribution in [0.3, 0.4) is 0 Å². The summed E-state index contributed by atoms with van der Waals surface area (Å²) in [4.78, 5) is 2.46. The van der Waals surface area contributed by atoms with Gasteiger partial charge >= 0.3 is 0 Å². The minimum Gasteiger partial charge on any atom is -0.329 e. The lowest BCUT2D eigenvalue weighted by Gasteiger charge is -2.19. The van der Waals surface area contributed by atoms with Crippen molar-refractivity contribution in [2.75, 3.05) is 19.6 Å². The Morgan fingerprint density at radius 3 is 2.89 bits per heavy atom. The third kappa shape index (κ3) is 1.66. The van der Waals surface area contributed by atoms with Gasteiger partial charge in [-0.2, -0.15) is 0 Å². The standard InChI is InChI=1S/C7H16N2/c1-7-3-2-5-9(7)6-4-8/h7H,2-6,8H2,1H3/t7-/m0/s1. The second-order valence-electron chi connectivity index (χ2n) is 2.82. The van der Waals surface area contributed by atoms with E-state index in [1.165, 1.54) is 19.4 Å². The second kappa shape index (κ2) is 3.18. The molecule has 0 spiro atoms. The molecule has 0 bridgehead atoms. The number of hydrogen-bond acceptors (Lipinski definition) is 2. The molecule has 0 radical (unpaired) electrons. The van der Waals surface area contributed by atoms with Crippen LogP contribution in [0.15, 0.2) is 0 Å². The van der Waals surface area contributed by atoms with Crippen molar-refractivity contribution < 1.29 is 0 Å². The maximum atomic E-state index is 5.43. The van der Waals surface area contributed by atoms with Crippen LogP contribution in [0.4, 0.5) is 0 Å². The zero-order valence-corrected chi connectivity index (χ0v) is 6.14. The Kier molecular flexibility index (Phi) is 2.49. The van der Waals surface area contributed by atoms with Crippen molar-refractivity contribution in [3.05, 3.63) is 0 Å². The van der Waals surface area contributed by atoms with Gasteiger partial charge in [-0.05, 0) is 26.3 Å². The molecule has 0 aromatic heterocycles. The van der Waals surface area contributed by atoms with Gasteiger partial charge in [0.1, 0.15) is 0 Å². The molecule has 0 aromatic rings. The van der Waals surface area contributed by atoms with E-state index in [1.807, 2.05) is 0 Å². The lowest BCUT2D eigenvalue weighted by Crippen LogP contribution is -2.31. The largest absolute Gasteiger partial charge is 0.329 e. The Morgan fingerprint density at radius 2 is 2.44 bits per heavy atom. The molecule has 2 heteroatoms. The predicted octanol–water partition coefficient (Wildman–Crippen LogP) is 0.429. The maximum Gasteiger partial charge on any atom is 0.0107 e. The Bertz CT molecular complexity index is 83.0. The molecule has 1 aliphatic heterocycles. The first-order valence-electron chi connectivity index (χ1n) is 3.78. The van der Waals surface area contributed by atoms with E-state index in [-0.39, 0.29) is 0 Å². The van der Waals surface area contributed by atoms with Gasteiger partial charge in [0.25, 0.3) is 0 Å². The normalized spacial score (nSPS) is 29.3. The highest BCUT2D eigenvalue weighted by Crippen LogP contribution is 2.14. The van der Waals surface area contributed by atoms with Gasteiger partial charge < -0.3 is 5.73 Å². The molecule has 1 saturated heterocycles. The van der Waals surface area contributed by atoms with Gasteiger partial charge in [0, 0.05) is 19.1 Å². The Hall–Kier alpha value is -0.0800. The van der Waals surface area contributed by atoms with E-state index in [1.54, 1.807) is 0 Å². The van der Waals surface area contributed by atoms with Crippen LogP contribution in [-0.4, -0.2) is 30.6 Å². The number of hydrogen-bond donors (Lipinski definition) is 1. The Morgan fingerprint density at radius 1 is 1.67 bits per heavy atom. The zero-order chi connectivity index (χ0) is 6.69. The van der Waals surface area contributed by atoms with E-state index in [0.29, 0.717) is 0 Å². The van der Waals surface area contributed by atoms with E-state index in [0.717, 1.165) is 19.1 Å². The summed E-state index contributed by atoms with van der Waals surface area (Å²) in [5.41, 5.74) is 5.43. The van der Waals surface area contributed by atoms with Crippen molar-refractivity contribution >= 4 is 0 Å². The highest BCUT2D eigenvalue weighted by atomic mass is 15.2. The predicted molar refractivity (Wildman–Crippen MR) is 39.3 cm³/mol. The molecular weight excluding hydrogens is 112 g/mol. The van der Waals surface area contributed by atoms with Crippen molar-refractivity contribution in [1.29, 1.82) is 0 Å². The summed E-state index contributed by atoms with van der Waals surface area (Å²) < 4.78 is 0. The van der Waals surface area contributed by atoms with Gasteiger partial charge in [0.15, 0.2) is 0 Å². The SMILES string of the molecule is C[C@H]1CCCN1CCN. The van der Waals surface area contributed by atoms with E-state index in [9.17, 15) is 0 Å². The van der Waals surface area contributed by atoms with E-state index < -0.39 is 0 Å². The highest BCUT2D eigenvalue weighted by Gasteiger charge is 2.18. The zero-order valence-electron chi connectivity index (χ0n) is 6.14. The highest BCUT2D eigenvalue weighted by molar-refractivity contribution is 4.74. The number of nitrogens with two attached hydrogens (primary N) is 1. The fraction of sp³-hybridized carbons (Fsp3) is 1.00. The number of likely N-dealkylation sites (tertiary alicyclic amines) is 1. The Labute approximate surface area is 57.0 Å². The van der Waals surface area contributed by atoms with E-state index in [2.05, 4.69) is 11.8 Å². The van der Waals surface area contributed by atoms with Crippen LogP contribution in [0.25, 0.3) is 0 Å². The third-order valence-electron chi connectivity index (χ3n) is 2.11. The molecule has 2 N–H and O–H groups in total. The molecule has 0 aliphatic carbocycles. The lowest BCUT2D eigenvalue weighted by atomic mass is 10.2. The third-order valence-corrected chi connectivity index (χ3v) is 2.11. The molecule has 54 valence electrons. The summed E-state index contributed by atoms with van der Waals surface area (Å²) in [6.45, 7) is 5.44. The summed E-state index contributed by atoms with van der Waals surface area (Å²) >= 11 is 0. The molecular formula is C7H16N2. The first kappa shape index (κ1) is 7.03. The average Bonchev–Trinajstić information content (AvgIpc) is 2.18. The fourth-order valence-electron chi connectivity index (χ4n) is 1.49. The van der Waals surface area contributed by atoms with Crippen LogP contribution < -0.4 is 5.73 Å². The van der Waals surface area contributed by atoms with Crippen LogP contribution in [0.5, 0.6) is 0 Å². The molecule has 1 aliphatic rings. The van der Waals surface area contributed by atoms with Crippen molar-refractivity contribution in [2.24, 2.45) is 5.73 Å². The average molecular weight is 128 g/mol. The van der Waals surface area contributed by atoms with Crippen molar-refractivity contribution in [3.8, 4) is 0 Å². The number of rotatable bonds is 2. The molecule has 0 unspecified atom stereocenters. The summed E-state index contributed by atoms with van der Waals surface area (Å²) in [5.74, 6) is 0. The van der Waals surface area contributed by atoms with Crippen molar-refractivity contribution in [2.45, 2.75) is 25.8 Å². The smallest absolute Gasteiger partial charge is 0.0107 e. The summed E-state index contributed by atoms with van der Waals surface area (Å²) in [6.07, 6.45) is 2.72.